The second-order valence-electron chi connectivity index (χ2n) is 8.18. The number of nitrogens with two attached hydrogens (primary N) is 1. The average Bonchev–Trinajstić information content (AvgIpc) is 2.87. The second-order valence-corrected chi connectivity index (χ2v) is 8.96. The highest BCUT2D eigenvalue weighted by molar-refractivity contribution is 7.80. The first-order valence-corrected chi connectivity index (χ1v) is 12.1. The van der Waals surface area contributed by atoms with Crippen LogP contribution in [-0.2, 0) is 29.0 Å². The SMILES string of the molecule is Cc1ccn(N(c2cccc3ccccc23)S(=O)[O-])c(=O)c1CC(=O)NCc1ccc(C(=N)N)cc1. The predicted molar refractivity (Wildman–Crippen MR) is 139 cm³/mol. The molecule has 1 heterocycles. The molecule has 10 heteroatoms. The third kappa shape index (κ3) is 5.19. The smallest absolute Gasteiger partial charge is 0.274 e. The molecule has 0 bridgehead atoms. The van der Waals surface area contributed by atoms with Gasteiger partial charge in [0.15, 0.2) is 0 Å². The van der Waals surface area contributed by atoms with Gasteiger partial charge in [-0.1, -0.05) is 60.7 Å². The fourth-order valence-electron chi connectivity index (χ4n) is 3.88. The number of amidine groups is 1. The van der Waals surface area contributed by atoms with Crippen molar-refractivity contribution in [2.75, 3.05) is 4.41 Å². The lowest BCUT2D eigenvalue weighted by Crippen LogP contribution is -2.42. The number of rotatable bonds is 8. The van der Waals surface area contributed by atoms with Crippen LogP contribution in [0.3, 0.4) is 0 Å². The molecule has 0 aliphatic carbocycles. The molecule has 4 aromatic rings. The number of pyridine rings is 1. The number of amides is 1. The number of anilines is 1. The first-order chi connectivity index (χ1) is 17.3. The molecular weight excluding hydrogens is 478 g/mol. The van der Waals surface area contributed by atoms with Gasteiger partial charge in [0.05, 0.1) is 23.4 Å². The van der Waals surface area contributed by atoms with E-state index in [2.05, 4.69) is 5.32 Å². The maximum atomic E-state index is 13.4. The molecule has 184 valence electrons. The van der Waals surface area contributed by atoms with Crippen LogP contribution in [0.2, 0.25) is 0 Å². The van der Waals surface area contributed by atoms with Crippen molar-refractivity contribution < 1.29 is 13.6 Å². The number of nitrogens with one attached hydrogen (secondary N) is 2. The fraction of sp³-hybridized carbons (Fsp3) is 0.115. The molecule has 0 radical (unpaired) electrons. The highest BCUT2D eigenvalue weighted by Crippen LogP contribution is 2.27. The maximum absolute atomic E-state index is 13.4. The van der Waals surface area contributed by atoms with Gasteiger partial charge in [-0.15, -0.1) is 0 Å². The van der Waals surface area contributed by atoms with E-state index in [0.717, 1.165) is 20.0 Å². The van der Waals surface area contributed by atoms with Gasteiger partial charge in [-0.3, -0.25) is 19.2 Å². The van der Waals surface area contributed by atoms with Gasteiger partial charge >= 0.3 is 0 Å². The molecule has 0 spiro atoms. The summed E-state index contributed by atoms with van der Waals surface area (Å²) >= 11 is -2.81. The Kier molecular flexibility index (Phi) is 7.28. The third-order valence-electron chi connectivity index (χ3n) is 5.81. The normalized spacial score (nSPS) is 11.7. The van der Waals surface area contributed by atoms with Crippen molar-refractivity contribution in [2.45, 2.75) is 19.9 Å². The van der Waals surface area contributed by atoms with Crippen LogP contribution in [0.1, 0.15) is 22.3 Å². The fourth-order valence-corrected chi connectivity index (χ4v) is 4.48. The van der Waals surface area contributed by atoms with Gasteiger partial charge in [0.2, 0.25) is 5.91 Å². The van der Waals surface area contributed by atoms with E-state index in [-0.39, 0.29) is 30.3 Å². The van der Waals surface area contributed by atoms with Crippen LogP contribution in [0, 0.1) is 12.3 Å². The molecule has 1 atom stereocenters. The molecule has 1 unspecified atom stereocenters. The number of hydrogen-bond donors (Lipinski definition) is 3. The number of nitrogens with zero attached hydrogens (tertiary/aromatic N) is 2. The van der Waals surface area contributed by atoms with E-state index in [1.54, 1.807) is 61.5 Å². The van der Waals surface area contributed by atoms with Crippen molar-refractivity contribution in [1.82, 2.24) is 9.99 Å². The van der Waals surface area contributed by atoms with Crippen molar-refractivity contribution in [3.05, 3.63) is 112 Å². The lowest BCUT2D eigenvalue weighted by atomic mass is 10.1. The Balaban J connectivity index is 1.61. The van der Waals surface area contributed by atoms with Crippen molar-refractivity contribution in [3.8, 4) is 0 Å². The molecule has 0 saturated heterocycles. The summed E-state index contributed by atoms with van der Waals surface area (Å²) in [6.07, 6.45) is 1.17. The Morgan fingerprint density at radius 3 is 2.47 bits per heavy atom. The van der Waals surface area contributed by atoms with E-state index < -0.39 is 16.8 Å². The van der Waals surface area contributed by atoms with E-state index >= 15 is 0 Å². The lowest BCUT2D eigenvalue weighted by Gasteiger charge is -2.29. The number of fused-ring (bicyclic) bond motifs is 1. The van der Waals surface area contributed by atoms with E-state index in [1.807, 2.05) is 18.2 Å². The largest absolute Gasteiger partial charge is 0.754 e. The minimum absolute atomic E-state index is 0.0435. The number of benzene rings is 3. The Morgan fingerprint density at radius 1 is 1.08 bits per heavy atom. The molecule has 36 heavy (non-hydrogen) atoms. The summed E-state index contributed by atoms with van der Waals surface area (Å²) in [6.45, 7) is 1.93. The number of aromatic nitrogens is 1. The Labute approximate surface area is 210 Å². The van der Waals surface area contributed by atoms with Gasteiger partial charge in [-0.2, -0.15) is 0 Å². The summed E-state index contributed by atoms with van der Waals surface area (Å²) < 4.78 is 26.5. The molecule has 9 nitrogen and oxygen atoms in total. The maximum Gasteiger partial charge on any atom is 0.274 e. The molecule has 0 fully saturated rings. The quantitative estimate of drug-likeness (QED) is 0.193. The van der Waals surface area contributed by atoms with Crippen molar-refractivity contribution >= 4 is 39.5 Å². The topological polar surface area (TPSA) is 144 Å². The molecule has 1 aromatic heterocycles. The third-order valence-corrected chi connectivity index (χ3v) is 6.46. The molecule has 4 rings (SSSR count). The molecular formula is C26H24N5O4S-. The van der Waals surface area contributed by atoms with Crippen LogP contribution < -0.4 is 21.0 Å². The highest BCUT2D eigenvalue weighted by Gasteiger charge is 2.19. The van der Waals surface area contributed by atoms with Gasteiger partial charge in [0.25, 0.3) is 5.56 Å². The zero-order valence-electron chi connectivity index (χ0n) is 19.4. The number of carbonyl (C=O) groups is 1. The number of carbonyl (C=O) groups excluding carboxylic acids is 1. The number of aryl methyl sites for hydroxylation is 1. The average molecular weight is 503 g/mol. The molecule has 1 amide bonds. The second kappa shape index (κ2) is 10.5. The van der Waals surface area contributed by atoms with Gasteiger partial charge < -0.3 is 15.6 Å². The first-order valence-electron chi connectivity index (χ1n) is 11.0. The Hall–Kier alpha value is -4.28. The van der Waals surface area contributed by atoms with Crippen LogP contribution in [0.5, 0.6) is 0 Å². The molecule has 3 aromatic carbocycles. The molecule has 0 aliphatic rings. The molecule has 0 saturated carbocycles. The van der Waals surface area contributed by atoms with E-state index in [4.69, 9.17) is 11.1 Å². The van der Waals surface area contributed by atoms with Crippen LogP contribution in [-0.4, -0.2) is 25.2 Å². The number of hydrogen-bond acceptors (Lipinski definition) is 5. The van der Waals surface area contributed by atoms with Crippen molar-refractivity contribution in [1.29, 1.82) is 5.41 Å². The Morgan fingerprint density at radius 2 is 1.78 bits per heavy atom. The summed E-state index contributed by atoms with van der Waals surface area (Å²) in [4.78, 5) is 26.1. The Bertz CT molecular complexity index is 1530. The number of nitrogen functional groups attached to an aromatic ring is 1. The summed E-state index contributed by atoms with van der Waals surface area (Å²) in [5.41, 5.74) is 7.32. The minimum atomic E-state index is -2.81. The minimum Gasteiger partial charge on any atom is -0.754 e. The van der Waals surface area contributed by atoms with Crippen LogP contribution in [0.4, 0.5) is 5.69 Å². The summed E-state index contributed by atoms with van der Waals surface area (Å²) in [6, 6.07) is 20.9. The first kappa shape index (κ1) is 24.8. The molecule has 4 N–H and O–H groups in total. The highest BCUT2D eigenvalue weighted by atomic mass is 32.2. The summed E-state index contributed by atoms with van der Waals surface area (Å²) in [5, 5.41) is 11.7. The zero-order chi connectivity index (χ0) is 25.8. The zero-order valence-corrected chi connectivity index (χ0v) is 20.2. The van der Waals surface area contributed by atoms with E-state index in [9.17, 15) is 18.4 Å². The standard InChI is InChI=1S/C26H25N5O4S/c1-17-13-14-30(31(36(34)35)23-8-4-6-19-5-2-3-7-21(19)23)26(33)22(17)15-24(32)29-16-18-9-11-20(12-10-18)25(27)28/h2-14H,15-16H2,1H3,(H3,27,28)(H,29,32)(H,34,35)/p-1. The molecule has 0 aliphatic heterocycles. The van der Waals surface area contributed by atoms with Crippen molar-refractivity contribution in [3.63, 3.8) is 0 Å². The van der Waals surface area contributed by atoms with Gasteiger partial charge in [0.1, 0.15) is 5.84 Å². The predicted octanol–water partition coefficient (Wildman–Crippen LogP) is 2.52. The van der Waals surface area contributed by atoms with Gasteiger partial charge in [-0.05, 0) is 35.6 Å². The monoisotopic (exact) mass is 502 g/mol. The van der Waals surface area contributed by atoms with Gasteiger partial charge in [0, 0.05) is 29.3 Å². The van der Waals surface area contributed by atoms with Crippen molar-refractivity contribution in [2.24, 2.45) is 5.73 Å². The van der Waals surface area contributed by atoms with Gasteiger partial charge in [-0.25, -0.2) is 9.09 Å². The van der Waals surface area contributed by atoms with Crippen LogP contribution in [0.15, 0.2) is 83.8 Å². The van der Waals surface area contributed by atoms with Crippen LogP contribution >= 0.6 is 0 Å². The van der Waals surface area contributed by atoms with E-state index in [0.29, 0.717) is 22.2 Å². The summed E-state index contributed by atoms with van der Waals surface area (Å²) in [7, 11) is 0. The van der Waals surface area contributed by atoms with Crippen LogP contribution in [0.25, 0.3) is 10.8 Å². The lowest BCUT2D eigenvalue weighted by molar-refractivity contribution is -0.120. The summed E-state index contributed by atoms with van der Waals surface area (Å²) in [5.74, 6) is -0.429. The van der Waals surface area contributed by atoms with E-state index in [1.165, 1.54) is 6.20 Å².